The van der Waals surface area contributed by atoms with Gasteiger partial charge in [0, 0.05) is 15.5 Å². The van der Waals surface area contributed by atoms with E-state index in [-0.39, 0.29) is 5.91 Å². The molecule has 0 radical (unpaired) electrons. The fourth-order valence-electron chi connectivity index (χ4n) is 2.46. The number of amides is 1. The summed E-state index contributed by atoms with van der Waals surface area (Å²) in [6.07, 6.45) is 6.49. The highest BCUT2D eigenvalue weighted by Gasteiger charge is 2.15. The second-order valence-corrected chi connectivity index (χ2v) is 6.59. The fraction of sp³-hybridized carbons (Fsp3) is 0.500. The van der Waals surface area contributed by atoms with E-state index in [1.807, 2.05) is 18.2 Å². The average molecular weight is 375 g/mol. The van der Waals surface area contributed by atoms with E-state index in [1.54, 1.807) is 0 Å². The highest BCUT2D eigenvalue weighted by Crippen LogP contribution is 2.27. The van der Waals surface area contributed by atoms with Gasteiger partial charge in [-0.1, -0.05) is 41.6 Å². The molecule has 0 heterocycles. The number of halogens is 2. The van der Waals surface area contributed by atoms with Gasteiger partial charge in [-0.3, -0.25) is 4.79 Å². The molecule has 1 amide bonds. The fourth-order valence-corrected chi connectivity index (χ4v) is 3.68. The van der Waals surface area contributed by atoms with Crippen molar-refractivity contribution in [1.29, 1.82) is 0 Å². The molecule has 0 saturated heterocycles. The molecule has 1 N–H and O–H groups in total. The van der Waals surface area contributed by atoms with Crippen LogP contribution in [0.5, 0.6) is 0 Å². The van der Waals surface area contributed by atoms with Crippen molar-refractivity contribution in [2.45, 2.75) is 32.1 Å². The van der Waals surface area contributed by atoms with E-state index in [4.69, 9.17) is 0 Å². The Bertz CT molecular complexity index is 428. The van der Waals surface area contributed by atoms with Crippen LogP contribution in [-0.4, -0.2) is 12.5 Å². The molecule has 0 aliphatic heterocycles. The van der Waals surface area contributed by atoms with E-state index < -0.39 is 0 Å². The van der Waals surface area contributed by atoms with E-state index >= 15 is 0 Å². The summed E-state index contributed by atoms with van der Waals surface area (Å²) >= 11 is 6.80. The number of benzene rings is 1. The Balaban J connectivity index is 1.83. The van der Waals surface area contributed by atoms with Crippen LogP contribution in [0.25, 0.3) is 0 Å². The second-order valence-electron chi connectivity index (χ2n) is 4.82. The zero-order valence-electron chi connectivity index (χ0n) is 10.2. The molecule has 0 atom stereocenters. The molecule has 2 rings (SSSR count). The van der Waals surface area contributed by atoms with Crippen LogP contribution in [0.2, 0.25) is 0 Å². The standard InChI is InChI=1S/C14H17Br2NO/c15-11-5-6-12(13(16)9-11)14(18)17-8-7-10-3-1-2-4-10/h5-6,9-10H,1-4,7-8H2,(H,17,18). The van der Waals surface area contributed by atoms with Gasteiger partial charge in [0.25, 0.3) is 5.91 Å². The van der Waals surface area contributed by atoms with Crippen LogP contribution in [0.3, 0.4) is 0 Å². The molecule has 0 spiro atoms. The first-order valence-corrected chi connectivity index (χ1v) is 7.98. The first-order chi connectivity index (χ1) is 8.66. The summed E-state index contributed by atoms with van der Waals surface area (Å²) in [7, 11) is 0. The first kappa shape index (κ1) is 14.1. The summed E-state index contributed by atoms with van der Waals surface area (Å²) in [4.78, 5) is 12.0. The van der Waals surface area contributed by atoms with Gasteiger partial charge in [-0.05, 0) is 46.5 Å². The summed E-state index contributed by atoms with van der Waals surface area (Å²) in [5, 5.41) is 3.00. The number of rotatable bonds is 4. The van der Waals surface area contributed by atoms with Crippen LogP contribution in [-0.2, 0) is 0 Å². The SMILES string of the molecule is O=C(NCCC1CCCC1)c1ccc(Br)cc1Br. The number of carbonyl (C=O) groups is 1. The summed E-state index contributed by atoms with van der Waals surface area (Å²) in [5.41, 5.74) is 0.699. The largest absolute Gasteiger partial charge is 0.352 e. The van der Waals surface area contributed by atoms with Gasteiger partial charge in [-0.2, -0.15) is 0 Å². The number of carbonyl (C=O) groups excluding carboxylic acids is 1. The molecule has 2 nitrogen and oxygen atoms in total. The van der Waals surface area contributed by atoms with Gasteiger partial charge in [-0.25, -0.2) is 0 Å². The predicted octanol–water partition coefficient (Wildman–Crippen LogP) is 4.52. The predicted molar refractivity (Wildman–Crippen MR) is 80.8 cm³/mol. The van der Waals surface area contributed by atoms with Gasteiger partial charge < -0.3 is 5.32 Å². The Morgan fingerprint density at radius 1 is 1.28 bits per heavy atom. The molecule has 1 aliphatic carbocycles. The molecule has 0 bridgehead atoms. The molecular formula is C14H17Br2NO. The van der Waals surface area contributed by atoms with Crippen LogP contribution in [0.15, 0.2) is 27.1 Å². The normalized spacial score (nSPS) is 15.9. The lowest BCUT2D eigenvalue weighted by atomic mass is 10.0. The summed E-state index contributed by atoms with van der Waals surface area (Å²) in [5.74, 6) is 0.825. The molecule has 1 saturated carbocycles. The zero-order chi connectivity index (χ0) is 13.0. The van der Waals surface area contributed by atoms with Crippen LogP contribution in [0, 0.1) is 5.92 Å². The van der Waals surface area contributed by atoms with Crippen molar-refractivity contribution in [3.05, 3.63) is 32.7 Å². The van der Waals surface area contributed by atoms with Crippen molar-refractivity contribution in [2.24, 2.45) is 5.92 Å². The van der Waals surface area contributed by atoms with Gasteiger partial charge in [0.05, 0.1) is 5.56 Å². The van der Waals surface area contributed by atoms with E-state index in [9.17, 15) is 4.79 Å². The van der Waals surface area contributed by atoms with Crippen LogP contribution in [0.1, 0.15) is 42.5 Å². The third kappa shape index (κ3) is 3.82. The number of hydrogen-bond donors (Lipinski definition) is 1. The minimum atomic E-state index is 0.00683. The molecule has 18 heavy (non-hydrogen) atoms. The van der Waals surface area contributed by atoms with Gasteiger partial charge in [0.2, 0.25) is 0 Å². The molecule has 1 fully saturated rings. The minimum Gasteiger partial charge on any atom is -0.352 e. The smallest absolute Gasteiger partial charge is 0.252 e. The second kappa shape index (κ2) is 6.71. The first-order valence-electron chi connectivity index (χ1n) is 6.40. The Morgan fingerprint density at radius 3 is 2.67 bits per heavy atom. The van der Waals surface area contributed by atoms with Gasteiger partial charge in [0.15, 0.2) is 0 Å². The lowest BCUT2D eigenvalue weighted by molar-refractivity contribution is 0.0950. The Hall–Kier alpha value is -0.350. The molecule has 1 aromatic carbocycles. The van der Waals surface area contributed by atoms with E-state index in [2.05, 4.69) is 37.2 Å². The summed E-state index contributed by atoms with van der Waals surface area (Å²) in [6.45, 7) is 0.784. The molecule has 0 aromatic heterocycles. The number of hydrogen-bond acceptors (Lipinski definition) is 1. The van der Waals surface area contributed by atoms with Crippen molar-refractivity contribution in [2.75, 3.05) is 6.54 Å². The Kier molecular flexibility index (Phi) is 5.25. The summed E-state index contributed by atoms with van der Waals surface area (Å²) in [6, 6.07) is 5.61. The molecule has 1 aromatic rings. The minimum absolute atomic E-state index is 0.00683. The Labute approximate surface area is 125 Å². The van der Waals surface area contributed by atoms with Gasteiger partial charge >= 0.3 is 0 Å². The lowest BCUT2D eigenvalue weighted by Gasteiger charge is -2.10. The van der Waals surface area contributed by atoms with E-state index in [0.29, 0.717) is 5.56 Å². The third-order valence-electron chi connectivity index (χ3n) is 3.49. The van der Waals surface area contributed by atoms with Crippen molar-refractivity contribution in [3.63, 3.8) is 0 Å². The maximum Gasteiger partial charge on any atom is 0.252 e. The maximum absolute atomic E-state index is 12.0. The van der Waals surface area contributed by atoms with Crippen LogP contribution >= 0.6 is 31.9 Å². The van der Waals surface area contributed by atoms with Gasteiger partial charge in [0.1, 0.15) is 0 Å². The van der Waals surface area contributed by atoms with E-state index in [1.165, 1.54) is 25.7 Å². The molecular weight excluding hydrogens is 358 g/mol. The topological polar surface area (TPSA) is 29.1 Å². The van der Waals surface area contributed by atoms with Crippen molar-refractivity contribution in [3.8, 4) is 0 Å². The van der Waals surface area contributed by atoms with Crippen molar-refractivity contribution < 1.29 is 4.79 Å². The average Bonchev–Trinajstić information content (AvgIpc) is 2.81. The maximum atomic E-state index is 12.0. The summed E-state index contributed by atoms with van der Waals surface area (Å²) < 4.78 is 1.80. The van der Waals surface area contributed by atoms with Crippen LogP contribution in [0.4, 0.5) is 0 Å². The lowest BCUT2D eigenvalue weighted by Crippen LogP contribution is -2.25. The molecule has 98 valence electrons. The zero-order valence-corrected chi connectivity index (χ0v) is 13.4. The monoisotopic (exact) mass is 373 g/mol. The third-order valence-corrected chi connectivity index (χ3v) is 4.64. The van der Waals surface area contributed by atoms with Crippen molar-refractivity contribution in [1.82, 2.24) is 5.32 Å². The van der Waals surface area contributed by atoms with E-state index in [0.717, 1.165) is 27.8 Å². The Morgan fingerprint density at radius 2 is 2.00 bits per heavy atom. The molecule has 0 unspecified atom stereocenters. The highest BCUT2D eigenvalue weighted by molar-refractivity contribution is 9.11. The molecule has 1 aliphatic rings. The van der Waals surface area contributed by atoms with Gasteiger partial charge in [-0.15, -0.1) is 0 Å². The number of nitrogens with one attached hydrogen (secondary N) is 1. The highest BCUT2D eigenvalue weighted by atomic mass is 79.9. The van der Waals surface area contributed by atoms with Crippen LogP contribution < -0.4 is 5.32 Å². The quantitative estimate of drug-likeness (QED) is 0.824. The molecule has 4 heteroatoms. The van der Waals surface area contributed by atoms with Crippen molar-refractivity contribution >= 4 is 37.8 Å².